The second-order valence-corrected chi connectivity index (χ2v) is 6.70. The van der Waals surface area contributed by atoms with Gasteiger partial charge in [0.1, 0.15) is 18.2 Å². The first kappa shape index (κ1) is 17.7. The van der Waals surface area contributed by atoms with Gasteiger partial charge in [-0.05, 0) is 30.3 Å². The van der Waals surface area contributed by atoms with Crippen molar-refractivity contribution < 1.29 is 27.1 Å². The van der Waals surface area contributed by atoms with Crippen molar-refractivity contribution in [1.29, 1.82) is 0 Å². The molecule has 0 spiro atoms. The third-order valence-electron chi connectivity index (χ3n) is 3.04. The number of nitrogens with one attached hydrogen (secondary N) is 1. The Hall–Kier alpha value is -2.61. The fraction of sp³-hybridized carbons (Fsp3) is 0.188. The molecule has 0 aliphatic heterocycles. The van der Waals surface area contributed by atoms with Crippen LogP contribution in [0.15, 0.2) is 42.5 Å². The summed E-state index contributed by atoms with van der Waals surface area (Å²) in [5.41, 5.74) is 0.522. The molecule has 0 bridgehead atoms. The van der Waals surface area contributed by atoms with Gasteiger partial charge in [-0.25, -0.2) is 17.6 Å². The number of esters is 1. The van der Waals surface area contributed by atoms with Gasteiger partial charge in [-0.3, -0.25) is 4.72 Å². The van der Waals surface area contributed by atoms with Crippen LogP contribution in [0.1, 0.15) is 15.9 Å². The van der Waals surface area contributed by atoms with E-state index in [9.17, 15) is 17.6 Å². The van der Waals surface area contributed by atoms with Gasteiger partial charge in [0.05, 0.1) is 24.6 Å². The molecule has 0 unspecified atom stereocenters. The van der Waals surface area contributed by atoms with Crippen LogP contribution in [-0.2, 0) is 21.4 Å². The zero-order valence-electron chi connectivity index (χ0n) is 13.1. The molecule has 0 aromatic heterocycles. The van der Waals surface area contributed by atoms with E-state index in [-0.39, 0.29) is 17.9 Å². The molecular weight excluding hydrogens is 337 g/mol. The Morgan fingerprint density at radius 1 is 1.21 bits per heavy atom. The molecule has 0 aliphatic carbocycles. The zero-order chi connectivity index (χ0) is 17.7. The standard InChI is InChI=1S/C16H16FNO5S/c1-22-15-8-7-12(17)9-11(15)10-23-16(19)13-5-3-4-6-14(13)18-24(2,20)21/h3-9,18H,10H2,1-2H3. The van der Waals surface area contributed by atoms with Crippen molar-refractivity contribution in [1.82, 2.24) is 0 Å². The van der Waals surface area contributed by atoms with Crippen molar-refractivity contribution in [2.24, 2.45) is 0 Å². The Kier molecular flexibility index (Phi) is 5.40. The summed E-state index contributed by atoms with van der Waals surface area (Å²) in [6.07, 6.45) is 0.979. The molecule has 0 heterocycles. The summed E-state index contributed by atoms with van der Waals surface area (Å²) in [5, 5.41) is 0. The van der Waals surface area contributed by atoms with Gasteiger partial charge in [-0.15, -0.1) is 0 Å². The number of anilines is 1. The molecule has 2 aromatic rings. The molecule has 2 rings (SSSR count). The second-order valence-electron chi connectivity index (χ2n) is 4.95. The lowest BCUT2D eigenvalue weighted by molar-refractivity contribution is 0.0471. The minimum absolute atomic E-state index is 0.0540. The molecule has 0 saturated heterocycles. The van der Waals surface area contributed by atoms with Crippen LogP contribution in [0, 0.1) is 5.82 Å². The fourth-order valence-corrected chi connectivity index (χ4v) is 2.61. The largest absolute Gasteiger partial charge is 0.496 e. The van der Waals surface area contributed by atoms with Crippen molar-refractivity contribution in [3.63, 3.8) is 0 Å². The number of halogens is 1. The maximum Gasteiger partial charge on any atom is 0.340 e. The van der Waals surface area contributed by atoms with E-state index < -0.39 is 21.8 Å². The van der Waals surface area contributed by atoms with E-state index in [4.69, 9.17) is 9.47 Å². The summed E-state index contributed by atoms with van der Waals surface area (Å²) in [5.74, 6) is -0.846. The molecule has 8 heteroatoms. The van der Waals surface area contributed by atoms with Crippen molar-refractivity contribution >= 4 is 21.7 Å². The maximum absolute atomic E-state index is 13.3. The van der Waals surface area contributed by atoms with E-state index in [1.807, 2.05) is 0 Å². The first-order chi connectivity index (χ1) is 11.3. The first-order valence-corrected chi connectivity index (χ1v) is 8.75. The molecule has 0 saturated carbocycles. The summed E-state index contributed by atoms with van der Waals surface area (Å²) in [4.78, 5) is 12.2. The van der Waals surface area contributed by atoms with Gasteiger partial charge in [-0.2, -0.15) is 0 Å². The highest BCUT2D eigenvalue weighted by Crippen LogP contribution is 2.22. The van der Waals surface area contributed by atoms with Crippen molar-refractivity contribution in [2.75, 3.05) is 18.1 Å². The third kappa shape index (κ3) is 4.69. The number of hydrogen-bond donors (Lipinski definition) is 1. The lowest BCUT2D eigenvalue weighted by Gasteiger charge is -2.12. The van der Waals surface area contributed by atoms with Crippen LogP contribution < -0.4 is 9.46 Å². The topological polar surface area (TPSA) is 81.7 Å². The van der Waals surface area contributed by atoms with Gasteiger partial charge < -0.3 is 9.47 Å². The van der Waals surface area contributed by atoms with E-state index >= 15 is 0 Å². The number of hydrogen-bond acceptors (Lipinski definition) is 5. The molecule has 0 atom stereocenters. The van der Waals surface area contributed by atoms with Gasteiger partial charge in [-0.1, -0.05) is 12.1 Å². The Balaban J connectivity index is 2.18. The average Bonchev–Trinajstić information content (AvgIpc) is 2.51. The van der Waals surface area contributed by atoms with E-state index in [0.717, 1.165) is 6.26 Å². The van der Waals surface area contributed by atoms with Gasteiger partial charge in [0.15, 0.2) is 0 Å². The van der Waals surface area contributed by atoms with Crippen LogP contribution >= 0.6 is 0 Å². The molecule has 6 nitrogen and oxygen atoms in total. The van der Waals surface area contributed by atoms with Crippen LogP contribution in [0.2, 0.25) is 0 Å². The van der Waals surface area contributed by atoms with E-state index in [1.165, 1.54) is 37.4 Å². The summed E-state index contributed by atoms with van der Waals surface area (Å²) in [6, 6.07) is 9.89. The molecule has 0 amide bonds. The van der Waals surface area contributed by atoms with Crippen LogP contribution in [-0.4, -0.2) is 27.8 Å². The summed E-state index contributed by atoms with van der Waals surface area (Å²) in [7, 11) is -2.12. The van der Waals surface area contributed by atoms with Gasteiger partial charge in [0, 0.05) is 5.56 Å². The molecule has 1 N–H and O–H groups in total. The number of carbonyl (C=O) groups excluding carboxylic acids is 1. The van der Waals surface area contributed by atoms with E-state index in [2.05, 4.69) is 4.72 Å². The summed E-state index contributed by atoms with van der Waals surface area (Å²) < 4.78 is 48.5. The molecule has 128 valence electrons. The number of ether oxygens (including phenoxy) is 2. The highest BCUT2D eigenvalue weighted by atomic mass is 32.2. The lowest BCUT2D eigenvalue weighted by Crippen LogP contribution is -2.14. The first-order valence-electron chi connectivity index (χ1n) is 6.86. The highest BCUT2D eigenvalue weighted by Gasteiger charge is 2.16. The fourth-order valence-electron chi connectivity index (χ4n) is 2.03. The Morgan fingerprint density at radius 3 is 2.58 bits per heavy atom. The number of rotatable bonds is 6. The second kappa shape index (κ2) is 7.31. The normalized spacial score (nSPS) is 11.0. The Morgan fingerprint density at radius 2 is 1.92 bits per heavy atom. The molecule has 24 heavy (non-hydrogen) atoms. The van der Waals surface area contributed by atoms with Crippen LogP contribution in [0.4, 0.5) is 10.1 Å². The zero-order valence-corrected chi connectivity index (χ0v) is 13.9. The van der Waals surface area contributed by atoms with Crippen molar-refractivity contribution in [3.05, 3.63) is 59.4 Å². The summed E-state index contributed by atoms with van der Waals surface area (Å²) in [6.45, 7) is -0.215. The quantitative estimate of drug-likeness (QED) is 0.807. The SMILES string of the molecule is COc1ccc(F)cc1COC(=O)c1ccccc1NS(C)(=O)=O. The van der Waals surface area contributed by atoms with Gasteiger partial charge >= 0.3 is 5.97 Å². The average molecular weight is 353 g/mol. The number of para-hydroxylation sites is 1. The Labute approximate surface area is 139 Å². The van der Waals surface area contributed by atoms with Gasteiger partial charge in [0.2, 0.25) is 10.0 Å². The smallest absolute Gasteiger partial charge is 0.340 e. The van der Waals surface area contributed by atoms with Crippen molar-refractivity contribution in [3.8, 4) is 5.75 Å². The Bertz CT molecular complexity index is 851. The van der Waals surface area contributed by atoms with Crippen LogP contribution in [0.5, 0.6) is 5.75 Å². The predicted octanol–water partition coefficient (Wildman–Crippen LogP) is 2.56. The van der Waals surface area contributed by atoms with Crippen molar-refractivity contribution in [2.45, 2.75) is 6.61 Å². The van der Waals surface area contributed by atoms with E-state index in [0.29, 0.717) is 11.3 Å². The minimum atomic E-state index is -3.54. The maximum atomic E-state index is 13.3. The van der Waals surface area contributed by atoms with E-state index in [1.54, 1.807) is 12.1 Å². The summed E-state index contributed by atoms with van der Waals surface area (Å²) >= 11 is 0. The number of benzene rings is 2. The molecule has 0 fully saturated rings. The molecular formula is C16H16FNO5S. The molecule has 2 aromatic carbocycles. The van der Waals surface area contributed by atoms with Crippen LogP contribution in [0.3, 0.4) is 0 Å². The van der Waals surface area contributed by atoms with Crippen LogP contribution in [0.25, 0.3) is 0 Å². The number of carbonyl (C=O) groups is 1. The lowest BCUT2D eigenvalue weighted by atomic mass is 10.2. The molecule has 0 radical (unpaired) electrons. The number of methoxy groups -OCH3 is 1. The predicted molar refractivity (Wildman–Crippen MR) is 87.0 cm³/mol. The molecule has 0 aliphatic rings. The number of sulfonamides is 1. The minimum Gasteiger partial charge on any atom is -0.496 e. The van der Waals surface area contributed by atoms with Gasteiger partial charge in [0.25, 0.3) is 0 Å². The third-order valence-corrected chi connectivity index (χ3v) is 3.63. The highest BCUT2D eigenvalue weighted by molar-refractivity contribution is 7.92. The monoisotopic (exact) mass is 353 g/mol.